The molecule has 3 heterocycles. The number of likely N-dealkylation sites (tertiary alicyclic amines) is 1. The quantitative estimate of drug-likeness (QED) is 0.787. The van der Waals surface area contributed by atoms with Gasteiger partial charge in [0.25, 0.3) is 0 Å². The van der Waals surface area contributed by atoms with E-state index in [1.54, 1.807) is 25.2 Å². The van der Waals surface area contributed by atoms with E-state index in [0.29, 0.717) is 31.7 Å². The minimum absolute atomic E-state index is 0.114. The fourth-order valence-electron chi connectivity index (χ4n) is 3.15. The number of likely N-dealkylation sites (N-methyl/N-ethyl adjacent to an activating group) is 1. The molecule has 6 heteroatoms. The number of carbonyl (C=O) groups is 1. The molecule has 0 N–H and O–H groups in total. The summed E-state index contributed by atoms with van der Waals surface area (Å²) >= 11 is 0. The Morgan fingerprint density at radius 1 is 1.50 bits per heavy atom. The van der Waals surface area contributed by atoms with Gasteiger partial charge < -0.3 is 14.4 Å². The van der Waals surface area contributed by atoms with Gasteiger partial charge in [0.15, 0.2) is 0 Å². The number of amides is 1. The zero-order chi connectivity index (χ0) is 15.5. The van der Waals surface area contributed by atoms with Crippen molar-refractivity contribution in [1.82, 2.24) is 14.8 Å². The van der Waals surface area contributed by atoms with Gasteiger partial charge in [0.05, 0.1) is 32.5 Å². The Morgan fingerprint density at radius 3 is 3.09 bits per heavy atom. The Labute approximate surface area is 131 Å². The lowest BCUT2D eigenvalue weighted by Gasteiger charge is -2.23. The molecule has 1 aromatic rings. The first-order chi connectivity index (χ1) is 10.6. The lowest BCUT2D eigenvalue weighted by molar-refractivity contribution is -0.130. The molecular formula is C16H23N3O3. The molecule has 1 aromatic heterocycles. The minimum atomic E-state index is 0.114. The van der Waals surface area contributed by atoms with Gasteiger partial charge in [0.2, 0.25) is 5.91 Å². The SMILES string of the molecule is CN(C)C(=O)CN1C[C@@H](OCc2cccnc2)[C@@H]2COC[C@@H]21. The van der Waals surface area contributed by atoms with E-state index in [0.717, 1.165) is 18.7 Å². The van der Waals surface area contributed by atoms with E-state index in [1.165, 1.54) is 0 Å². The average Bonchev–Trinajstić information content (AvgIpc) is 3.10. The largest absolute Gasteiger partial charge is 0.379 e. The maximum absolute atomic E-state index is 12.0. The maximum atomic E-state index is 12.0. The predicted octanol–water partition coefficient (Wildman–Crippen LogP) is 0.386. The highest BCUT2D eigenvalue weighted by Crippen LogP contribution is 2.32. The van der Waals surface area contributed by atoms with Crippen molar-refractivity contribution in [3.05, 3.63) is 30.1 Å². The molecule has 2 fully saturated rings. The van der Waals surface area contributed by atoms with Crippen LogP contribution in [0.25, 0.3) is 0 Å². The van der Waals surface area contributed by atoms with Crippen LogP contribution in [0.2, 0.25) is 0 Å². The minimum Gasteiger partial charge on any atom is -0.379 e. The van der Waals surface area contributed by atoms with Crippen molar-refractivity contribution in [3.63, 3.8) is 0 Å². The highest BCUT2D eigenvalue weighted by molar-refractivity contribution is 5.77. The molecule has 6 nitrogen and oxygen atoms in total. The Hall–Kier alpha value is -1.50. The number of ether oxygens (including phenoxy) is 2. The molecule has 2 aliphatic heterocycles. The third kappa shape index (κ3) is 3.29. The predicted molar refractivity (Wildman–Crippen MR) is 81.2 cm³/mol. The van der Waals surface area contributed by atoms with E-state index >= 15 is 0 Å². The van der Waals surface area contributed by atoms with Gasteiger partial charge in [-0.3, -0.25) is 14.7 Å². The third-order valence-electron chi connectivity index (χ3n) is 4.48. The first kappa shape index (κ1) is 15.4. The second kappa shape index (κ2) is 6.73. The number of hydrogen-bond acceptors (Lipinski definition) is 5. The van der Waals surface area contributed by atoms with Crippen molar-refractivity contribution in [1.29, 1.82) is 0 Å². The second-order valence-corrected chi connectivity index (χ2v) is 6.20. The normalized spacial score (nSPS) is 27.8. The van der Waals surface area contributed by atoms with Crippen LogP contribution in [0.15, 0.2) is 24.5 Å². The van der Waals surface area contributed by atoms with Gasteiger partial charge in [-0.2, -0.15) is 0 Å². The molecule has 0 radical (unpaired) electrons. The van der Waals surface area contributed by atoms with Crippen LogP contribution in [0, 0.1) is 5.92 Å². The zero-order valence-electron chi connectivity index (χ0n) is 13.1. The van der Waals surface area contributed by atoms with E-state index in [4.69, 9.17) is 9.47 Å². The molecule has 0 saturated carbocycles. The van der Waals surface area contributed by atoms with E-state index < -0.39 is 0 Å². The van der Waals surface area contributed by atoms with E-state index in [1.807, 2.05) is 18.3 Å². The number of aromatic nitrogens is 1. The number of pyridine rings is 1. The highest BCUT2D eigenvalue weighted by Gasteiger charge is 2.46. The van der Waals surface area contributed by atoms with Crippen molar-refractivity contribution >= 4 is 5.91 Å². The van der Waals surface area contributed by atoms with Gasteiger partial charge in [-0.25, -0.2) is 0 Å². The van der Waals surface area contributed by atoms with Gasteiger partial charge in [-0.05, 0) is 11.6 Å². The summed E-state index contributed by atoms with van der Waals surface area (Å²) < 4.78 is 11.7. The molecule has 0 aromatic carbocycles. The van der Waals surface area contributed by atoms with Crippen molar-refractivity contribution in [2.45, 2.75) is 18.8 Å². The molecule has 2 aliphatic rings. The summed E-state index contributed by atoms with van der Waals surface area (Å²) in [6.45, 7) is 3.19. The second-order valence-electron chi connectivity index (χ2n) is 6.20. The lowest BCUT2D eigenvalue weighted by atomic mass is 10.0. The van der Waals surface area contributed by atoms with E-state index in [9.17, 15) is 4.79 Å². The molecule has 0 aliphatic carbocycles. The highest BCUT2D eigenvalue weighted by atomic mass is 16.5. The van der Waals surface area contributed by atoms with Gasteiger partial charge >= 0.3 is 0 Å². The zero-order valence-corrected chi connectivity index (χ0v) is 13.1. The standard InChI is InChI=1S/C16H23N3O3/c1-18(2)16(20)8-19-7-15(13-10-21-11-14(13)19)22-9-12-4-3-5-17-6-12/h3-6,13-15H,7-11H2,1-2H3/t13-,14+,15-/m1/s1. The van der Waals surface area contributed by atoms with Gasteiger partial charge in [0, 0.05) is 45.0 Å². The topological polar surface area (TPSA) is 54.9 Å². The van der Waals surface area contributed by atoms with Crippen LogP contribution >= 0.6 is 0 Å². The summed E-state index contributed by atoms with van der Waals surface area (Å²) in [6.07, 6.45) is 3.70. The Kier molecular flexibility index (Phi) is 4.71. The van der Waals surface area contributed by atoms with Crippen LogP contribution in [0.4, 0.5) is 0 Å². The molecule has 0 unspecified atom stereocenters. The molecule has 0 spiro atoms. The van der Waals surface area contributed by atoms with E-state index in [-0.39, 0.29) is 12.0 Å². The summed E-state index contributed by atoms with van der Waals surface area (Å²) in [5, 5.41) is 0. The van der Waals surface area contributed by atoms with Crippen LogP contribution in [0.5, 0.6) is 0 Å². The fourth-order valence-corrected chi connectivity index (χ4v) is 3.15. The number of nitrogens with zero attached hydrogens (tertiary/aromatic N) is 3. The molecule has 120 valence electrons. The summed E-state index contributed by atoms with van der Waals surface area (Å²) in [5.74, 6) is 0.477. The van der Waals surface area contributed by atoms with Crippen molar-refractivity contribution in [3.8, 4) is 0 Å². The molecule has 22 heavy (non-hydrogen) atoms. The number of carbonyl (C=O) groups excluding carboxylic acids is 1. The first-order valence-corrected chi connectivity index (χ1v) is 7.67. The van der Waals surface area contributed by atoms with Crippen molar-refractivity contribution in [2.75, 3.05) is 40.4 Å². The first-order valence-electron chi connectivity index (χ1n) is 7.67. The van der Waals surface area contributed by atoms with Gasteiger partial charge in [0.1, 0.15) is 0 Å². The van der Waals surface area contributed by atoms with E-state index in [2.05, 4.69) is 9.88 Å². The summed E-state index contributed by atoms with van der Waals surface area (Å²) in [6, 6.07) is 4.22. The molecule has 1 amide bonds. The smallest absolute Gasteiger partial charge is 0.236 e. The molecule has 2 saturated heterocycles. The lowest BCUT2D eigenvalue weighted by Crippen LogP contribution is -2.41. The molecule has 3 atom stereocenters. The van der Waals surface area contributed by atoms with Crippen LogP contribution in [-0.2, 0) is 20.9 Å². The van der Waals surface area contributed by atoms with Crippen LogP contribution in [0.1, 0.15) is 5.56 Å². The average molecular weight is 305 g/mol. The maximum Gasteiger partial charge on any atom is 0.236 e. The molecule has 0 bridgehead atoms. The Morgan fingerprint density at radius 2 is 2.36 bits per heavy atom. The number of hydrogen-bond donors (Lipinski definition) is 0. The van der Waals surface area contributed by atoms with Crippen LogP contribution in [-0.4, -0.2) is 73.2 Å². The van der Waals surface area contributed by atoms with Crippen LogP contribution in [0.3, 0.4) is 0 Å². The number of rotatable bonds is 5. The summed E-state index contributed by atoms with van der Waals surface area (Å²) in [4.78, 5) is 19.9. The fraction of sp³-hybridized carbons (Fsp3) is 0.625. The molecular weight excluding hydrogens is 282 g/mol. The Bertz CT molecular complexity index is 509. The van der Waals surface area contributed by atoms with Gasteiger partial charge in [-0.1, -0.05) is 6.07 Å². The summed E-state index contributed by atoms with van der Waals surface area (Å²) in [7, 11) is 3.58. The molecule has 3 rings (SSSR count). The Balaban J connectivity index is 1.59. The third-order valence-corrected chi connectivity index (χ3v) is 4.48. The monoisotopic (exact) mass is 305 g/mol. The van der Waals surface area contributed by atoms with Crippen molar-refractivity contribution in [2.24, 2.45) is 5.92 Å². The van der Waals surface area contributed by atoms with Crippen LogP contribution < -0.4 is 0 Å². The number of fused-ring (bicyclic) bond motifs is 1. The van der Waals surface area contributed by atoms with Gasteiger partial charge in [-0.15, -0.1) is 0 Å². The van der Waals surface area contributed by atoms with Crippen molar-refractivity contribution < 1.29 is 14.3 Å². The summed E-state index contributed by atoms with van der Waals surface area (Å²) in [5.41, 5.74) is 1.07.